The number of hydrogen-bond acceptors (Lipinski definition) is 3. The van der Waals surface area contributed by atoms with Crippen LogP contribution in [-0.4, -0.2) is 8.42 Å². The SMILES string of the molecule is Cc1cc(F)ccc1CNc1cc(S(N)(=O)=O)ccc1Cl. The van der Waals surface area contributed by atoms with Crippen LogP contribution in [0.15, 0.2) is 41.3 Å². The molecule has 4 nitrogen and oxygen atoms in total. The fourth-order valence-electron chi connectivity index (χ4n) is 1.86. The Bertz CT molecular complexity index is 779. The molecule has 0 aliphatic carbocycles. The normalized spacial score (nSPS) is 11.4. The zero-order valence-electron chi connectivity index (χ0n) is 11.2. The zero-order chi connectivity index (χ0) is 15.6. The molecule has 0 bridgehead atoms. The predicted molar refractivity (Wildman–Crippen MR) is 81.3 cm³/mol. The molecule has 0 heterocycles. The molecule has 0 saturated heterocycles. The van der Waals surface area contributed by atoms with Gasteiger partial charge in [-0.1, -0.05) is 17.7 Å². The third-order valence-corrected chi connectivity index (χ3v) is 4.28. The summed E-state index contributed by atoms with van der Waals surface area (Å²) in [7, 11) is -3.79. The molecule has 2 aromatic carbocycles. The predicted octanol–water partition coefficient (Wildman–Crippen LogP) is 3.05. The molecular formula is C14H14ClFN2O2S. The Morgan fingerprint density at radius 2 is 1.95 bits per heavy atom. The van der Waals surface area contributed by atoms with Gasteiger partial charge in [0.1, 0.15) is 5.82 Å². The molecule has 2 aromatic rings. The van der Waals surface area contributed by atoms with Crippen molar-refractivity contribution in [1.82, 2.24) is 0 Å². The van der Waals surface area contributed by atoms with E-state index in [2.05, 4.69) is 5.32 Å². The van der Waals surface area contributed by atoms with E-state index >= 15 is 0 Å². The van der Waals surface area contributed by atoms with Crippen molar-refractivity contribution in [2.24, 2.45) is 5.14 Å². The van der Waals surface area contributed by atoms with Crippen molar-refractivity contribution in [3.8, 4) is 0 Å². The lowest BCUT2D eigenvalue weighted by molar-refractivity contribution is 0.598. The van der Waals surface area contributed by atoms with Crippen molar-refractivity contribution in [2.45, 2.75) is 18.4 Å². The quantitative estimate of drug-likeness (QED) is 0.906. The highest BCUT2D eigenvalue weighted by molar-refractivity contribution is 7.89. The van der Waals surface area contributed by atoms with E-state index < -0.39 is 10.0 Å². The number of primary sulfonamides is 1. The average molecular weight is 329 g/mol. The minimum atomic E-state index is -3.79. The Morgan fingerprint density at radius 3 is 2.57 bits per heavy atom. The summed E-state index contributed by atoms with van der Waals surface area (Å²) in [5.41, 5.74) is 2.13. The number of rotatable bonds is 4. The highest BCUT2D eigenvalue weighted by atomic mass is 35.5. The number of anilines is 1. The Hall–Kier alpha value is -1.63. The molecule has 0 radical (unpaired) electrons. The number of nitrogens with two attached hydrogens (primary N) is 1. The lowest BCUT2D eigenvalue weighted by Crippen LogP contribution is -2.12. The molecule has 0 fully saturated rings. The summed E-state index contributed by atoms with van der Waals surface area (Å²) < 4.78 is 35.7. The van der Waals surface area contributed by atoms with E-state index in [0.29, 0.717) is 17.3 Å². The molecule has 112 valence electrons. The van der Waals surface area contributed by atoms with Gasteiger partial charge in [-0.25, -0.2) is 17.9 Å². The van der Waals surface area contributed by atoms with E-state index in [0.717, 1.165) is 11.1 Å². The van der Waals surface area contributed by atoms with Gasteiger partial charge in [0.15, 0.2) is 0 Å². The van der Waals surface area contributed by atoms with Gasteiger partial charge in [0.05, 0.1) is 15.6 Å². The van der Waals surface area contributed by atoms with Crippen LogP contribution in [0.1, 0.15) is 11.1 Å². The van der Waals surface area contributed by atoms with Crippen LogP contribution in [0.3, 0.4) is 0 Å². The molecule has 0 saturated carbocycles. The molecule has 0 atom stereocenters. The maximum Gasteiger partial charge on any atom is 0.238 e. The summed E-state index contributed by atoms with van der Waals surface area (Å²) in [5, 5.41) is 8.49. The second-order valence-corrected chi connectivity index (χ2v) is 6.58. The van der Waals surface area contributed by atoms with E-state index in [1.807, 2.05) is 0 Å². The Balaban J connectivity index is 2.23. The molecule has 7 heteroatoms. The molecule has 21 heavy (non-hydrogen) atoms. The van der Waals surface area contributed by atoms with Crippen molar-refractivity contribution >= 4 is 27.3 Å². The van der Waals surface area contributed by atoms with Gasteiger partial charge < -0.3 is 5.32 Å². The molecule has 0 unspecified atom stereocenters. The van der Waals surface area contributed by atoms with Crippen LogP contribution in [0.5, 0.6) is 0 Å². The molecule has 0 spiro atoms. The summed E-state index contributed by atoms with van der Waals surface area (Å²) >= 11 is 6.02. The molecule has 0 aliphatic heterocycles. The molecular weight excluding hydrogens is 315 g/mol. The second-order valence-electron chi connectivity index (χ2n) is 4.61. The lowest BCUT2D eigenvalue weighted by Gasteiger charge is -2.11. The molecule has 2 rings (SSSR count). The summed E-state index contributed by atoms with van der Waals surface area (Å²) in [6.07, 6.45) is 0. The van der Waals surface area contributed by atoms with E-state index in [1.54, 1.807) is 13.0 Å². The fraction of sp³-hybridized carbons (Fsp3) is 0.143. The molecule has 0 aromatic heterocycles. The fourth-order valence-corrected chi connectivity index (χ4v) is 2.59. The second kappa shape index (κ2) is 6.01. The van der Waals surface area contributed by atoms with Crippen molar-refractivity contribution in [3.63, 3.8) is 0 Å². The van der Waals surface area contributed by atoms with Gasteiger partial charge in [-0.05, 0) is 48.4 Å². The van der Waals surface area contributed by atoms with Crippen LogP contribution in [0, 0.1) is 12.7 Å². The van der Waals surface area contributed by atoms with Crippen LogP contribution in [0.2, 0.25) is 5.02 Å². The maximum absolute atomic E-state index is 13.0. The van der Waals surface area contributed by atoms with Gasteiger partial charge in [-0.2, -0.15) is 0 Å². The highest BCUT2D eigenvalue weighted by Gasteiger charge is 2.11. The van der Waals surface area contributed by atoms with Crippen LogP contribution in [0.25, 0.3) is 0 Å². The number of halogens is 2. The number of aryl methyl sites for hydroxylation is 1. The number of hydrogen-bond donors (Lipinski definition) is 2. The van der Waals surface area contributed by atoms with Crippen LogP contribution >= 0.6 is 11.6 Å². The highest BCUT2D eigenvalue weighted by Crippen LogP contribution is 2.25. The monoisotopic (exact) mass is 328 g/mol. The number of nitrogens with one attached hydrogen (secondary N) is 1. The first-order valence-corrected chi connectivity index (χ1v) is 8.01. The topological polar surface area (TPSA) is 72.2 Å². The minimum absolute atomic E-state index is 0.0229. The Morgan fingerprint density at radius 1 is 1.24 bits per heavy atom. The third-order valence-electron chi connectivity index (χ3n) is 3.04. The summed E-state index contributed by atoms with van der Waals surface area (Å²) in [6.45, 7) is 2.18. The molecule has 0 aliphatic rings. The third kappa shape index (κ3) is 3.93. The minimum Gasteiger partial charge on any atom is -0.380 e. The van der Waals surface area contributed by atoms with Gasteiger partial charge in [-0.15, -0.1) is 0 Å². The first kappa shape index (κ1) is 15.8. The van der Waals surface area contributed by atoms with Crippen LogP contribution in [-0.2, 0) is 16.6 Å². The van der Waals surface area contributed by atoms with E-state index in [9.17, 15) is 12.8 Å². The van der Waals surface area contributed by atoms with Crippen LogP contribution < -0.4 is 10.5 Å². The van der Waals surface area contributed by atoms with Crippen molar-refractivity contribution < 1.29 is 12.8 Å². The van der Waals surface area contributed by atoms with Crippen LogP contribution in [0.4, 0.5) is 10.1 Å². The number of benzene rings is 2. The summed E-state index contributed by atoms with van der Waals surface area (Å²) in [5.74, 6) is -0.300. The van der Waals surface area contributed by atoms with Gasteiger partial charge >= 0.3 is 0 Å². The van der Waals surface area contributed by atoms with Gasteiger partial charge in [0.2, 0.25) is 10.0 Å². The molecule has 0 amide bonds. The standard InChI is InChI=1S/C14H14ClFN2O2S/c1-9-6-11(16)3-2-10(9)8-18-14-7-12(21(17,19)20)4-5-13(14)15/h2-7,18H,8H2,1H3,(H2,17,19,20). The van der Waals surface area contributed by atoms with Crippen molar-refractivity contribution in [2.75, 3.05) is 5.32 Å². The summed E-state index contributed by atoms with van der Waals surface area (Å²) in [4.78, 5) is -0.0229. The average Bonchev–Trinajstić information content (AvgIpc) is 2.38. The maximum atomic E-state index is 13.0. The number of sulfonamides is 1. The summed E-state index contributed by atoms with van der Waals surface area (Å²) in [6, 6.07) is 8.63. The first-order chi connectivity index (χ1) is 9.77. The van der Waals surface area contributed by atoms with E-state index in [4.69, 9.17) is 16.7 Å². The van der Waals surface area contributed by atoms with Crippen molar-refractivity contribution in [3.05, 3.63) is 58.4 Å². The van der Waals surface area contributed by atoms with E-state index in [1.165, 1.54) is 30.3 Å². The van der Waals surface area contributed by atoms with E-state index in [-0.39, 0.29) is 10.7 Å². The van der Waals surface area contributed by atoms with Crippen molar-refractivity contribution in [1.29, 1.82) is 0 Å². The van der Waals surface area contributed by atoms with Gasteiger partial charge in [-0.3, -0.25) is 0 Å². The van der Waals surface area contributed by atoms with Gasteiger partial charge in [0, 0.05) is 6.54 Å². The lowest BCUT2D eigenvalue weighted by atomic mass is 10.1. The smallest absolute Gasteiger partial charge is 0.238 e. The first-order valence-electron chi connectivity index (χ1n) is 6.08. The molecule has 3 N–H and O–H groups in total. The Kier molecular flexibility index (Phi) is 4.51. The zero-order valence-corrected chi connectivity index (χ0v) is 12.8. The largest absolute Gasteiger partial charge is 0.380 e. The Labute approximate surface area is 127 Å². The van der Waals surface area contributed by atoms with Gasteiger partial charge in [0.25, 0.3) is 0 Å².